The van der Waals surface area contributed by atoms with E-state index < -0.39 is 17.9 Å². The first kappa shape index (κ1) is 22.6. The summed E-state index contributed by atoms with van der Waals surface area (Å²) in [7, 11) is 0. The highest BCUT2D eigenvalue weighted by Gasteiger charge is 1.66. The summed E-state index contributed by atoms with van der Waals surface area (Å²) >= 11 is 0. The van der Waals surface area contributed by atoms with Gasteiger partial charge in [-0.25, -0.2) is 0 Å². The number of aliphatic carboxylic acids is 3. The smallest absolute Gasteiger partial charge is 0.300 e. The van der Waals surface area contributed by atoms with E-state index in [0.717, 1.165) is 20.8 Å². The molecule has 0 fully saturated rings. The molecule has 0 spiro atoms. The monoisotopic (exact) mass is 214 g/mol. The SMILES string of the molecule is CC(=O)O.CC(=O)O.CC(=O)O.P. The number of hydrogen-bond acceptors (Lipinski definition) is 3. The first-order valence-electron chi connectivity index (χ1n) is 2.78. The van der Waals surface area contributed by atoms with Crippen LogP contribution in [-0.4, -0.2) is 33.2 Å². The van der Waals surface area contributed by atoms with E-state index in [0.29, 0.717) is 0 Å². The molecule has 0 saturated carbocycles. The van der Waals surface area contributed by atoms with Crippen molar-refractivity contribution in [3.63, 3.8) is 0 Å². The second kappa shape index (κ2) is 17.1. The van der Waals surface area contributed by atoms with Crippen LogP contribution in [0.1, 0.15) is 20.8 Å². The van der Waals surface area contributed by atoms with E-state index in [-0.39, 0.29) is 9.90 Å². The first-order valence-corrected chi connectivity index (χ1v) is 2.78. The van der Waals surface area contributed by atoms with Gasteiger partial charge in [0.25, 0.3) is 17.9 Å². The van der Waals surface area contributed by atoms with E-state index in [9.17, 15) is 0 Å². The molecule has 0 aliphatic rings. The fourth-order valence-electron chi connectivity index (χ4n) is 0. The Morgan fingerprint density at radius 1 is 0.692 bits per heavy atom. The Balaban J connectivity index is -0.0000000450. The molecule has 7 heteroatoms. The van der Waals surface area contributed by atoms with Crippen LogP contribution in [0.4, 0.5) is 0 Å². The first-order chi connectivity index (χ1) is 5.20. The zero-order chi connectivity index (χ0) is 10.7. The second-order valence-corrected chi connectivity index (χ2v) is 1.56. The summed E-state index contributed by atoms with van der Waals surface area (Å²) in [5.74, 6) is -2.50. The van der Waals surface area contributed by atoms with Crippen LogP contribution in [0.15, 0.2) is 0 Å². The van der Waals surface area contributed by atoms with Crippen molar-refractivity contribution in [3.05, 3.63) is 0 Å². The fourth-order valence-corrected chi connectivity index (χ4v) is 0. The predicted octanol–water partition coefficient (Wildman–Crippen LogP) is 0.331. The van der Waals surface area contributed by atoms with Crippen LogP contribution in [0, 0.1) is 0 Å². The third-order valence-corrected chi connectivity index (χ3v) is 0. The summed E-state index contributed by atoms with van der Waals surface area (Å²) in [6.45, 7) is 3.25. The van der Waals surface area contributed by atoms with Gasteiger partial charge in [-0.15, -0.1) is 0 Å². The Morgan fingerprint density at radius 2 is 0.692 bits per heavy atom. The Hall–Kier alpha value is -1.16. The van der Waals surface area contributed by atoms with Gasteiger partial charge in [0.15, 0.2) is 0 Å². The third kappa shape index (κ3) is 630. The van der Waals surface area contributed by atoms with E-state index in [1.807, 2.05) is 0 Å². The molecule has 0 aromatic rings. The van der Waals surface area contributed by atoms with Gasteiger partial charge in [0.05, 0.1) is 0 Å². The normalized spacial score (nSPS) is 5.77. The predicted molar refractivity (Wildman–Crippen MR) is 51.0 cm³/mol. The Labute approximate surface area is 79.2 Å². The number of carboxylic acid groups (broad SMARTS) is 3. The minimum Gasteiger partial charge on any atom is -0.481 e. The summed E-state index contributed by atoms with van der Waals surface area (Å²) < 4.78 is 0. The van der Waals surface area contributed by atoms with Crippen molar-refractivity contribution in [1.82, 2.24) is 0 Å². The average molecular weight is 214 g/mol. The van der Waals surface area contributed by atoms with Crippen LogP contribution in [0.25, 0.3) is 0 Å². The number of rotatable bonds is 0. The van der Waals surface area contributed by atoms with Crippen LogP contribution in [0.5, 0.6) is 0 Å². The van der Waals surface area contributed by atoms with Crippen molar-refractivity contribution in [2.75, 3.05) is 0 Å². The van der Waals surface area contributed by atoms with E-state index in [1.54, 1.807) is 0 Å². The molecule has 13 heavy (non-hydrogen) atoms. The molecule has 0 amide bonds. The van der Waals surface area contributed by atoms with Crippen LogP contribution >= 0.6 is 9.90 Å². The molecule has 0 aliphatic heterocycles. The summed E-state index contributed by atoms with van der Waals surface area (Å²) in [4.78, 5) is 27.0. The standard InChI is InChI=1S/3C2H4O2.H3P/c3*1-2(3)4;/h3*1H3,(H,3,4);1H3. The molecule has 0 saturated heterocycles. The maximum Gasteiger partial charge on any atom is 0.300 e. The topological polar surface area (TPSA) is 112 Å². The van der Waals surface area contributed by atoms with Crippen LogP contribution < -0.4 is 0 Å². The van der Waals surface area contributed by atoms with Gasteiger partial charge < -0.3 is 15.3 Å². The van der Waals surface area contributed by atoms with Gasteiger partial charge in [-0.3, -0.25) is 14.4 Å². The van der Waals surface area contributed by atoms with Gasteiger partial charge in [-0.1, -0.05) is 0 Å². The van der Waals surface area contributed by atoms with Gasteiger partial charge in [0.1, 0.15) is 0 Å². The maximum atomic E-state index is 9.00. The molecule has 1 unspecified atom stereocenters. The molecule has 3 N–H and O–H groups in total. The highest BCUT2D eigenvalue weighted by atomic mass is 31.0. The lowest BCUT2D eigenvalue weighted by molar-refractivity contribution is -0.135. The van der Waals surface area contributed by atoms with Crippen LogP contribution in [0.2, 0.25) is 0 Å². The lowest BCUT2D eigenvalue weighted by Crippen LogP contribution is -1.78. The van der Waals surface area contributed by atoms with Gasteiger partial charge in [0, 0.05) is 20.8 Å². The van der Waals surface area contributed by atoms with Crippen molar-refractivity contribution in [1.29, 1.82) is 0 Å². The molecule has 0 aromatic carbocycles. The quantitative estimate of drug-likeness (QED) is 0.501. The number of carboxylic acids is 3. The molecular formula is C6H15O6P. The summed E-state index contributed by atoms with van der Waals surface area (Å²) in [5.41, 5.74) is 0. The summed E-state index contributed by atoms with van der Waals surface area (Å²) in [5, 5.41) is 22.2. The van der Waals surface area contributed by atoms with Gasteiger partial charge in [-0.05, 0) is 0 Å². The van der Waals surface area contributed by atoms with E-state index in [4.69, 9.17) is 29.7 Å². The minimum absolute atomic E-state index is 0. The highest BCUT2D eigenvalue weighted by Crippen LogP contribution is 1.42. The second-order valence-electron chi connectivity index (χ2n) is 1.56. The number of carbonyl (C=O) groups is 3. The zero-order valence-corrected chi connectivity index (χ0v) is 9.19. The van der Waals surface area contributed by atoms with Crippen molar-refractivity contribution < 1.29 is 29.7 Å². The molecule has 0 aliphatic carbocycles. The largest absolute Gasteiger partial charge is 0.481 e. The molecule has 0 heterocycles. The van der Waals surface area contributed by atoms with E-state index in [2.05, 4.69) is 0 Å². The molecule has 6 nitrogen and oxygen atoms in total. The average Bonchev–Trinajstić information content (AvgIpc) is 1.54. The molecule has 80 valence electrons. The number of hydrogen-bond donors (Lipinski definition) is 3. The maximum absolute atomic E-state index is 9.00. The molecular weight excluding hydrogens is 199 g/mol. The summed E-state index contributed by atoms with van der Waals surface area (Å²) in [6, 6.07) is 0. The third-order valence-electron chi connectivity index (χ3n) is 0. The van der Waals surface area contributed by atoms with Gasteiger partial charge in [-0.2, -0.15) is 9.90 Å². The zero-order valence-electron chi connectivity index (χ0n) is 7.77. The highest BCUT2D eigenvalue weighted by molar-refractivity contribution is 6.92. The fraction of sp³-hybridized carbons (Fsp3) is 0.500. The molecule has 0 radical (unpaired) electrons. The van der Waals surface area contributed by atoms with Crippen molar-refractivity contribution in [2.24, 2.45) is 0 Å². The van der Waals surface area contributed by atoms with Crippen LogP contribution in [-0.2, 0) is 14.4 Å². The van der Waals surface area contributed by atoms with Crippen molar-refractivity contribution in [2.45, 2.75) is 20.8 Å². The van der Waals surface area contributed by atoms with Crippen molar-refractivity contribution >= 4 is 27.8 Å². The lowest BCUT2D eigenvalue weighted by Gasteiger charge is -1.59. The Kier molecular flexibility index (Phi) is 29.7. The Bertz CT molecular complexity index is 115. The van der Waals surface area contributed by atoms with Crippen LogP contribution in [0.3, 0.4) is 0 Å². The molecule has 0 bridgehead atoms. The minimum atomic E-state index is -0.833. The molecule has 1 atom stereocenters. The molecule has 0 aromatic heterocycles. The van der Waals surface area contributed by atoms with E-state index in [1.165, 1.54) is 0 Å². The summed E-state index contributed by atoms with van der Waals surface area (Å²) in [6.07, 6.45) is 0. The van der Waals surface area contributed by atoms with Gasteiger partial charge >= 0.3 is 0 Å². The van der Waals surface area contributed by atoms with Gasteiger partial charge in [0.2, 0.25) is 0 Å². The lowest BCUT2D eigenvalue weighted by atomic mass is 10.9. The Morgan fingerprint density at radius 3 is 0.692 bits per heavy atom. The van der Waals surface area contributed by atoms with E-state index >= 15 is 0 Å². The van der Waals surface area contributed by atoms with Crippen molar-refractivity contribution in [3.8, 4) is 0 Å². The molecule has 0 rings (SSSR count).